The molecule has 1 unspecified atom stereocenters. The van der Waals surface area contributed by atoms with E-state index in [0.717, 1.165) is 36.8 Å². The van der Waals surface area contributed by atoms with Gasteiger partial charge in [0, 0.05) is 0 Å². The molecule has 0 spiro atoms. The molecule has 0 aromatic heterocycles. The summed E-state index contributed by atoms with van der Waals surface area (Å²) in [6.45, 7) is 0. The first-order chi connectivity index (χ1) is 11.2. The van der Waals surface area contributed by atoms with Crippen molar-refractivity contribution in [1.29, 1.82) is 5.26 Å². The largest absolute Gasteiger partial charge is 0.379 e. The molecule has 0 heterocycles. The Labute approximate surface area is 137 Å². The van der Waals surface area contributed by atoms with Gasteiger partial charge in [-0.2, -0.15) is 5.26 Å². The van der Waals surface area contributed by atoms with Gasteiger partial charge in [-0.15, -0.1) is 0 Å². The van der Waals surface area contributed by atoms with Gasteiger partial charge >= 0.3 is 0 Å². The second-order valence-corrected chi connectivity index (χ2v) is 6.28. The maximum absolute atomic E-state index is 11.6. The van der Waals surface area contributed by atoms with Gasteiger partial charge in [0.1, 0.15) is 5.60 Å². The van der Waals surface area contributed by atoms with Gasteiger partial charge in [-0.05, 0) is 30.0 Å². The summed E-state index contributed by atoms with van der Waals surface area (Å²) in [5.41, 5.74) is -0.210. The zero-order valence-electron chi connectivity index (χ0n) is 13.2. The Hall–Kier alpha value is -2.37. The maximum Gasteiger partial charge on any atom is 0.127 e. The third-order valence-electron chi connectivity index (χ3n) is 4.93. The van der Waals surface area contributed by atoms with Gasteiger partial charge in [-0.1, -0.05) is 79.6 Å². The molecule has 3 rings (SSSR count). The fraction of sp³-hybridized carbons (Fsp3) is 0.286. The Balaban J connectivity index is 2.08. The van der Waals surface area contributed by atoms with Crippen molar-refractivity contribution < 1.29 is 5.11 Å². The Morgan fingerprint density at radius 2 is 1.52 bits per heavy atom. The lowest BCUT2D eigenvalue weighted by molar-refractivity contribution is -0.0130. The summed E-state index contributed by atoms with van der Waals surface area (Å²) in [6.07, 6.45) is 7.17. The molecule has 1 fully saturated rings. The van der Waals surface area contributed by atoms with E-state index in [1.165, 1.54) is 0 Å². The summed E-state index contributed by atoms with van der Waals surface area (Å²) in [5, 5.41) is 21.5. The molecule has 1 saturated carbocycles. The first kappa shape index (κ1) is 15.5. The molecule has 2 heteroatoms. The van der Waals surface area contributed by atoms with Crippen LogP contribution in [-0.4, -0.2) is 5.11 Å². The van der Waals surface area contributed by atoms with Crippen molar-refractivity contribution in [2.75, 3.05) is 0 Å². The fourth-order valence-electron chi connectivity index (χ4n) is 3.56. The summed E-state index contributed by atoms with van der Waals surface area (Å²) in [6, 6.07) is 21.9. The van der Waals surface area contributed by atoms with Gasteiger partial charge in [-0.25, -0.2) is 0 Å². The third-order valence-corrected chi connectivity index (χ3v) is 4.93. The van der Waals surface area contributed by atoms with Crippen molar-refractivity contribution in [3.63, 3.8) is 0 Å². The summed E-state index contributed by atoms with van der Waals surface area (Å²) in [7, 11) is 0. The van der Waals surface area contributed by atoms with Gasteiger partial charge in [0.25, 0.3) is 0 Å². The maximum atomic E-state index is 11.6. The van der Waals surface area contributed by atoms with E-state index in [1.807, 2.05) is 72.8 Å². The third kappa shape index (κ3) is 2.81. The second-order valence-electron chi connectivity index (χ2n) is 6.28. The van der Waals surface area contributed by atoms with E-state index >= 15 is 0 Å². The van der Waals surface area contributed by atoms with E-state index in [1.54, 1.807) is 0 Å². The van der Waals surface area contributed by atoms with Gasteiger partial charge in [0.2, 0.25) is 0 Å². The monoisotopic (exact) mass is 303 g/mol. The van der Waals surface area contributed by atoms with Crippen LogP contribution in [0.1, 0.15) is 36.8 Å². The highest BCUT2D eigenvalue weighted by Gasteiger charge is 2.51. The van der Waals surface area contributed by atoms with Crippen molar-refractivity contribution in [3.8, 4) is 6.07 Å². The van der Waals surface area contributed by atoms with E-state index < -0.39 is 11.0 Å². The molecule has 0 radical (unpaired) electrons. The van der Waals surface area contributed by atoms with Gasteiger partial charge in [0.15, 0.2) is 0 Å². The minimum absolute atomic E-state index is 0.730. The molecular formula is C21H21NO. The molecule has 1 aliphatic rings. The second kappa shape index (κ2) is 6.40. The quantitative estimate of drug-likeness (QED) is 0.892. The molecule has 23 heavy (non-hydrogen) atoms. The van der Waals surface area contributed by atoms with Crippen LogP contribution in [0.3, 0.4) is 0 Å². The molecule has 1 aliphatic carbocycles. The van der Waals surface area contributed by atoms with Crippen LogP contribution in [0.2, 0.25) is 0 Å². The zero-order chi connectivity index (χ0) is 16.2. The molecule has 2 aromatic rings. The number of hydrogen-bond donors (Lipinski definition) is 1. The van der Waals surface area contributed by atoms with E-state index in [4.69, 9.17) is 0 Å². The number of hydrogen-bond acceptors (Lipinski definition) is 2. The Morgan fingerprint density at radius 3 is 2.09 bits per heavy atom. The first-order valence-electron chi connectivity index (χ1n) is 8.14. The van der Waals surface area contributed by atoms with Gasteiger partial charge in [-0.3, -0.25) is 0 Å². The smallest absolute Gasteiger partial charge is 0.127 e. The molecule has 116 valence electrons. The van der Waals surface area contributed by atoms with Crippen LogP contribution in [0.4, 0.5) is 0 Å². The SMILES string of the molecule is N#CC1(C(O)(C=Cc2ccccc2)c2ccccc2)CCCC1. The Bertz CT molecular complexity index is 709. The molecule has 2 nitrogen and oxygen atoms in total. The average Bonchev–Trinajstić information content (AvgIpc) is 3.12. The zero-order valence-corrected chi connectivity index (χ0v) is 13.2. The predicted molar refractivity (Wildman–Crippen MR) is 92.3 cm³/mol. The number of nitrogens with zero attached hydrogens (tertiary/aromatic N) is 1. The normalized spacial score (nSPS) is 19.3. The molecule has 0 bridgehead atoms. The number of aliphatic hydroxyl groups is 1. The van der Waals surface area contributed by atoms with Crippen LogP contribution in [0.15, 0.2) is 66.7 Å². The minimum atomic E-state index is -1.27. The van der Waals surface area contributed by atoms with Crippen LogP contribution in [0.5, 0.6) is 0 Å². The summed E-state index contributed by atoms with van der Waals surface area (Å²) in [4.78, 5) is 0. The van der Waals surface area contributed by atoms with Crippen molar-refractivity contribution in [2.45, 2.75) is 31.3 Å². The van der Waals surface area contributed by atoms with Gasteiger partial charge < -0.3 is 5.11 Å². The lowest BCUT2D eigenvalue weighted by atomic mass is 9.67. The molecule has 0 amide bonds. The van der Waals surface area contributed by atoms with Crippen molar-refractivity contribution in [1.82, 2.24) is 0 Å². The van der Waals surface area contributed by atoms with Crippen LogP contribution in [0, 0.1) is 16.7 Å². The summed E-state index contributed by atoms with van der Waals surface area (Å²) >= 11 is 0. The standard InChI is InChI=1S/C21H21NO/c22-17-20(14-7-8-15-20)21(23,19-11-5-2-6-12-19)16-13-18-9-3-1-4-10-18/h1-6,9-13,16,23H,7-8,14-15H2. The molecule has 0 aliphatic heterocycles. The average molecular weight is 303 g/mol. The Kier molecular flexibility index (Phi) is 4.32. The number of nitriles is 1. The lowest BCUT2D eigenvalue weighted by Crippen LogP contribution is -2.41. The Morgan fingerprint density at radius 1 is 0.957 bits per heavy atom. The van der Waals surface area contributed by atoms with Crippen LogP contribution in [0.25, 0.3) is 6.08 Å². The van der Waals surface area contributed by atoms with Crippen LogP contribution < -0.4 is 0 Å². The molecular weight excluding hydrogens is 282 g/mol. The number of benzene rings is 2. The van der Waals surface area contributed by atoms with Crippen molar-refractivity contribution >= 4 is 6.08 Å². The molecule has 1 N–H and O–H groups in total. The highest BCUT2D eigenvalue weighted by Crippen LogP contribution is 2.52. The fourth-order valence-corrected chi connectivity index (χ4v) is 3.56. The predicted octanol–water partition coefficient (Wildman–Crippen LogP) is 4.67. The van der Waals surface area contributed by atoms with Gasteiger partial charge in [0.05, 0.1) is 11.5 Å². The summed E-state index contributed by atoms with van der Waals surface area (Å²) in [5.74, 6) is 0. The van der Waals surface area contributed by atoms with E-state index in [-0.39, 0.29) is 0 Å². The molecule has 0 saturated heterocycles. The summed E-state index contributed by atoms with van der Waals surface area (Å²) < 4.78 is 0. The van der Waals surface area contributed by atoms with Crippen molar-refractivity contribution in [2.24, 2.45) is 5.41 Å². The van der Waals surface area contributed by atoms with Crippen molar-refractivity contribution in [3.05, 3.63) is 77.9 Å². The number of rotatable bonds is 4. The first-order valence-corrected chi connectivity index (χ1v) is 8.14. The van der Waals surface area contributed by atoms with Crippen LogP contribution in [-0.2, 0) is 5.60 Å². The topological polar surface area (TPSA) is 44.0 Å². The molecule has 2 aromatic carbocycles. The lowest BCUT2D eigenvalue weighted by Gasteiger charge is -2.38. The van der Waals surface area contributed by atoms with E-state index in [0.29, 0.717) is 0 Å². The minimum Gasteiger partial charge on any atom is -0.379 e. The molecule has 1 atom stereocenters. The van der Waals surface area contributed by atoms with Crippen LogP contribution >= 0.6 is 0 Å². The highest BCUT2D eigenvalue weighted by atomic mass is 16.3. The van der Waals surface area contributed by atoms with E-state index in [2.05, 4.69) is 6.07 Å². The van der Waals surface area contributed by atoms with E-state index in [9.17, 15) is 10.4 Å². The highest BCUT2D eigenvalue weighted by molar-refractivity contribution is 5.53.